The van der Waals surface area contributed by atoms with Crippen molar-refractivity contribution in [3.05, 3.63) is 0 Å². The highest BCUT2D eigenvalue weighted by Gasteiger charge is 1.99. The van der Waals surface area contributed by atoms with Gasteiger partial charge in [-0.25, -0.2) is 4.31 Å². The summed E-state index contributed by atoms with van der Waals surface area (Å²) in [5.41, 5.74) is 0. The molecule has 0 saturated carbocycles. The van der Waals surface area contributed by atoms with Gasteiger partial charge in [0.25, 0.3) is 0 Å². The third-order valence-corrected chi connectivity index (χ3v) is 1.85. The van der Waals surface area contributed by atoms with Gasteiger partial charge < -0.3 is 0 Å². The van der Waals surface area contributed by atoms with E-state index in [1.165, 1.54) is 0 Å². The van der Waals surface area contributed by atoms with Crippen LogP contribution < -0.4 is 4.72 Å². The van der Waals surface area contributed by atoms with Gasteiger partial charge in [0.2, 0.25) is 0 Å². The number of nitrogens with one attached hydrogen (secondary N) is 1. The molecule has 0 amide bonds. The molecule has 50 valence electrons. The molecule has 0 atom stereocenters. The average molecular weight is 134 g/mol. The lowest BCUT2D eigenvalue weighted by Gasteiger charge is -2.17. The Morgan fingerprint density at radius 1 is 1.50 bits per heavy atom. The van der Waals surface area contributed by atoms with Gasteiger partial charge in [-0.05, 0) is 27.9 Å². The molecular weight excluding hydrogens is 120 g/mol. The van der Waals surface area contributed by atoms with Gasteiger partial charge in [0, 0.05) is 18.2 Å². The zero-order valence-electron chi connectivity index (χ0n) is 5.93. The fraction of sp³-hybridized carbons (Fsp3) is 1.00. The van der Waals surface area contributed by atoms with Crippen molar-refractivity contribution >= 4 is 12.1 Å². The molecule has 0 rings (SSSR count). The topological polar surface area (TPSA) is 15.3 Å². The minimum atomic E-state index is 0.604. The van der Waals surface area contributed by atoms with Crippen molar-refractivity contribution in [1.29, 1.82) is 0 Å². The molecule has 3 heteroatoms. The van der Waals surface area contributed by atoms with Gasteiger partial charge in [0.1, 0.15) is 0 Å². The highest BCUT2D eigenvalue weighted by Crippen LogP contribution is 2.04. The van der Waals surface area contributed by atoms with E-state index < -0.39 is 0 Å². The smallest absolute Gasteiger partial charge is 0.0154 e. The lowest BCUT2D eigenvalue weighted by atomic mass is 10.4. The molecule has 2 nitrogen and oxygen atoms in total. The number of rotatable bonds is 3. The van der Waals surface area contributed by atoms with Crippen molar-refractivity contribution in [2.24, 2.45) is 0 Å². The first-order chi connectivity index (χ1) is 3.68. The lowest BCUT2D eigenvalue weighted by Crippen LogP contribution is -2.21. The van der Waals surface area contributed by atoms with Crippen LogP contribution in [0.5, 0.6) is 0 Å². The Balaban J connectivity index is 3.17. The van der Waals surface area contributed by atoms with Crippen LogP contribution in [0.15, 0.2) is 0 Å². The van der Waals surface area contributed by atoms with E-state index in [0.29, 0.717) is 6.04 Å². The van der Waals surface area contributed by atoms with Crippen LogP contribution in [-0.4, -0.2) is 24.4 Å². The Hall–Kier alpha value is 0.270. The molecule has 0 radical (unpaired) electrons. The minimum Gasteiger partial charge on any atom is -0.254 e. The van der Waals surface area contributed by atoms with Crippen molar-refractivity contribution in [2.75, 3.05) is 14.1 Å². The van der Waals surface area contributed by atoms with Gasteiger partial charge in [-0.1, -0.05) is 0 Å². The lowest BCUT2D eigenvalue weighted by molar-refractivity contribution is 0.466. The molecule has 0 aromatic rings. The number of nitrogens with zero attached hydrogens (tertiary/aromatic N) is 1. The molecule has 0 aliphatic heterocycles. The Bertz CT molecular complexity index is 56.4. The largest absolute Gasteiger partial charge is 0.254 e. The van der Waals surface area contributed by atoms with Gasteiger partial charge in [0.15, 0.2) is 0 Å². The van der Waals surface area contributed by atoms with Gasteiger partial charge in [0.05, 0.1) is 0 Å². The summed E-state index contributed by atoms with van der Waals surface area (Å²) >= 11 is 1.62. The molecule has 1 N–H and O–H groups in total. The van der Waals surface area contributed by atoms with Crippen LogP contribution in [-0.2, 0) is 0 Å². The summed E-state index contributed by atoms with van der Waals surface area (Å²) in [6.45, 7) is 4.31. The molecule has 0 aliphatic rings. The van der Waals surface area contributed by atoms with Gasteiger partial charge in [-0.15, -0.1) is 0 Å². The maximum Gasteiger partial charge on any atom is 0.0154 e. The summed E-state index contributed by atoms with van der Waals surface area (Å²) < 4.78 is 5.14. The predicted octanol–water partition coefficient (Wildman–Crippen LogP) is 1.11. The first-order valence-corrected chi connectivity index (χ1v) is 3.52. The molecular formula is C5H14N2S. The summed E-state index contributed by atoms with van der Waals surface area (Å²) in [5.74, 6) is 0. The van der Waals surface area contributed by atoms with Crippen molar-refractivity contribution in [3.63, 3.8) is 0 Å². The van der Waals surface area contributed by atoms with E-state index >= 15 is 0 Å². The highest BCUT2D eigenvalue weighted by molar-refractivity contribution is 7.95. The molecule has 0 aromatic heterocycles. The van der Waals surface area contributed by atoms with Crippen molar-refractivity contribution in [2.45, 2.75) is 19.9 Å². The van der Waals surface area contributed by atoms with E-state index in [-0.39, 0.29) is 0 Å². The number of hydrogen-bond acceptors (Lipinski definition) is 3. The zero-order valence-corrected chi connectivity index (χ0v) is 6.75. The summed E-state index contributed by atoms with van der Waals surface area (Å²) in [4.78, 5) is 0. The second-order valence-corrected chi connectivity index (χ2v) is 3.10. The van der Waals surface area contributed by atoms with Crippen molar-refractivity contribution in [1.82, 2.24) is 9.03 Å². The SMILES string of the molecule is CNSN(C)C(C)C. The van der Waals surface area contributed by atoms with Crippen LogP contribution in [0.3, 0.4) is 0 Å². The molecule has 0 aromatic carbocycles. The Morgan fingerprint density at radius 3 is 2.12 bits per heavy atom. The maximum absolute atomic E-state index is 2.99. The zero-order chi connectivity index (χ0) is 6.57. The van der Waals surface area contributed by atoms with E-state index in [0.717, 1.165) is 0 Å². The van der Waals surface area contributed by atoms with Crippen molar-refractivity contribution < 1.29 is 0 Å². The molecule has 0 aliphatic carbocycles. The highest BCUT2D eigenvalue weighted by atomic mass is 32.2. The third-order valence-electron chi connectivity index (χ3n) is 0.962. The second kappa shape index (κ2) is 4.18. The van der Waals surface area contributed by atoms with Crippen LogP contribution in [0.25, 0.3) is 0 Å². The average Bonchev–Trinajstić information content (AvgIpc) is 1.67. The first kappa shape index (κ1) is 8.27. The van der Waals surface area contributed by atoms with Crippen LogP contribution in [0.4, 0.5) is 0 Å². The molecule has 0 fully saturated rings. The summed E-state index contributed by atoms with van der Waals surface area (Å²) in [5, 5.41) is 0. The van der Waals surface area contributed by atoms with Gasteiger partial charge >= 0.3 is 0 Å². The van der Waals surface area contributed by atoms with Gasteiger partial charge in [-0.2, -0.15) is 0 Å². The summed E-state index contributed by atoms with van der Waals surface area (Å²) in [6, 6.07) is 0.604. The third kappa shape index (κ3) is 3.29. The Kier molecular flexibility index (Phi) is 4.32. The fourth-order valence-corrected chi connectivity index (χ4v) is 0.748. The molecule has 0 bridgehead atoms. The molecule has 0 spiro atoms. The van der Waals surface area contributed by atoms with E-state index in [9.17, 15) is 0 Å². The van der Waals surface area contributed by atoms with Crippen LogP contribution >= 0.6 is 12.1 Å². The quantitative estimate of drug-likeness (QED) is 0.582. The van der Waals surface area contributed by atoms with Crippen LogP contribution in [0.1, 0.15) is 13.8 Å². The van der Waals surface area contributed by atoms with Crippen molar-refractivity contribution in [3.8, 4) is 0 Å². The predicted molar refractivity (Wildman–Crippen MR) is 39.5 cm³/mol. The number of hydrogen-bond donors (Lipinski definition) is 1. The van der Waals surface area contributed by atoms with E-state index in [1.54, 1.807) is 12.1 Å². The van der Waals surface area contributed by atoms with E-state index in [1.807, 2.05) is 7.05 Å². The molecule has 0 unspecified atom stereocenters. The standard InChI is InChI=1S/C5H14N2S/c1-5(2)7(4)8-6-3/h5-6H,1-4H3. The summed E-state index contributed by atoms with van der Waals surface area (Å²) in [6.07, 6.45) is 0. The van der Waals surface area contributed by atoms with E-state index in [4.69, 9.17) is 0 Å². The molecule has 0 saturated heterocycles. The van der Waals surface area contributed by atoms with Crippen LogP contribution in [0, 0.1) is 0 Å². The molecule has 8 heavy (non-hydrogen) atoms. The summed E-state index contributed by atoms with van der Waals surface area (Å²) in [7, 11) is 3.98. The molecule has 0 heterocycles. The minimum absolute atomic E-state index is 0.604. The normalized spacial score (nSPS) is 11.2. The first-order valence-electron chi connectivity index (χ1n) is 2.75. The Labute approximate surface area is 55.9 Å². The Morgan fingerprint density at radius 2 is 2.00 bits per heavy atom. The second-order valence-electron chi connectivity index (χ2n) is 1.94. The van der Waals surface area contributed by atoms with Gasteiger partial charge in [-0.3, -0.25) is 4.72 Å². The van der Waals surface area contributed by atoms with Crippen LogP contribution in [0.2, 0.25) is 0 Å². The van der Waals surface area contributed by atoms with E-state index in [2.05, 4.69) is 29.9 Å². The maximum atomic E-state index is 2.99. The monoisotopic (exact) mass is 134 g/mol. The fourth-order valence-electron chi connectivity index (χ4n) is 0.249.